The minimum Gasteiger partial charge on any atom is -0.367 e. The number of hydrogen-bond acceptors (Lipinski definition) is 4. The van der Waals surface area contributed by atoms with Crippen molar-refractivity contribution in [2.24, 2.45) is 0 Å². The number of aromatic nitrogens is 2. The second kappa shape index (κ2) is 6.09. The van der Waals surface area contributed by atoms with Gasteiger partial charge in [0.2, 0.25) is 0 Å². The van der Waals surface area contributed by atoms with Crippen LogP contribution in [0.4, 0.5) is 10.1 Å². The van der Waals surface area contributed by atoms with Crippen LogP contribution in [0.5, 0.6) is 0 Å². The van der Waals surface area contributed by atoms with Crippen molar-refractivity contribution < 1.29 is 9.18 Å². The maximum absolute atomic E-state index is 13.8. The SMILES string of the molecule is Cc1ccc(C(=O)NC2CCN(c3ccccc3F)C2)nn1. The third-order valence-electron chi connectivity index (χ3n) is 3.75. The Morgan fingerprint density at radius 1 is 1.27 bits per heavy atom. The summed E-state index contributed by atoms with van der Waals surface area (Å²) in [5.41, 5.74) is 1.65. The maximum atomic E-state index is 13.8. The molecule has 114 valence electrons. The first-order valence-electron chi connectivity index (χ1n) is 7.24. The second-order valence-corrected chi connectivity index (χ2v) is 5.42. The van der Waals surface area contributed by atoms with E-state index in [0.717, 1.165) is 12.1 Å². The summed E-state index contributed by atoms with van der Waals surface area (Å²) in [6.45, 7) is 3.12. The zero-order chi connectivity index (χ0) is 15.5. The molecule has 2 heterocycles. The number of para-hydroxylation sites is 1. The predicted molar refractivity (Wildman–Crippen MR) is 81.3 cm³/mol. The lowest BCUT2D eigenvalue weighted by Gasteiger charge is -2.19. The molecule has 2 aromatic rings. The molecule has 1 aliphatic heterocycles. The first-order chi connectivity index (χ1) is 10.6. The average Bonchev–Trinajstić information content (AvgIpc) is 2.96. The molecule has 1 atom stereocenters. The van der Waals surface area contributed by atoms with Gasteiger partial charge in [-0.1, -0.05) is 12.1 Å². The van der Waals surface area contributed by atoms with Crippen LogP contribution in [-0.2, 0) is 0 Å². The van der Waals surface area contributed by atoms with Crippen molar-refractivity contribution in [3.8, 4) is 0 Å². The van der Waals surface area contributed by atoms with Gasteiger partial charge in [-0.25, -0.2) is 4.39 Å². The number of aryl methyl sites for hydroxylation is 1. The largest absolute Gasteiger partial charge is 0.367 e. The Morgan fingerprint density at radius 3 is 2.82 bits per heavy atom. The summed E-state index contributed by atoms with van der Waals surface area (Å²) in [6.07, 6.45) is 0.777. The molecular formula is C16H17FN4O. The fourth-order valence-electron chi connectivity index (χ4n) is 2.58. The van der Waals surface area contributed by atoms with E-state index in [1.165, 1.54) is 6.07 Å². The number of nitrogens with one attached hydrogen (secondary N) is 1. The quantitative estimate of drug-likeness (QED) is 0.941. The fraction of sp³-hybridized carbons (Fsp3) is 0.312. The van der Waals surface area contributed by atoms with E-state index in [2.05, 4.69) is 15.5 Å². The Bertz CT molecular complexity index is 674. The van der Waals surface area contributed by atoms with Gasteiger partial charge < -0.3 is 10.2 Å². The Hall–Kier alpha value is -2.50. The molecule has 3 rings (SSSR count). The van der Waals surface area contributed by atoms with E-state index < -0.39 is 0 Å². The normalized spacial score (nSPS) is 17.5. The maximum Gasteiger partial charge on any atom is 0.272 e. The molecule has 0 bridgehead atoms. The molecule has 1 amide bonds. The molecule has 0 radical (unpaired) electrons. The van der Waals surface area contributed by atoms with Gasteiger partial charge in [-0.15, -0.1) is 5.10 Å². The molecule has 5 nitrogen and oxygen atoms in total. The van der Waals surface area contributed by atoms with Crippen molar-refractivity contribution in [2.75, 3.05) is 18.0 Å². The van der Waals surface area contributed by atoms with Gasteiger partial charge in [0, 0.05) is 19.1 Å². The standard InChI is InChI=1S/C16H17FN4O/c1-11-6-7-14(20-19-11)16(22)18-12-8-9-21(10-12)15-5-3-2-4-13(15)17/h2-7,12H,8-10H2,1H3,(H,18,22). The van der Waals surface area contributed by atoms with E-state index in [1.54, 1.807) is 24.3 Å². The first kappa shape index (κ1) is 14.4. The number of carbonyl (C=O) groups excluding carboxylic acids is 1. The molecule has 6 heteroatoms. The highest BCUT2D eigenvalue weighted by Gasteiger charge is 2.26. The summed E-state index contributed by atoms with van der Waals surface area (Å²) < 4.78 is 13.8. The average molecular weight is 300 g/mol. The van der Waals surface area contributed by atoms with E-state index in [0.29, 0.717) is 24.5 Å². The van der Waals surface area contributed by atoms with Crippen LogP contribution in [0.3, 0.4) is 0 Å². The van der Waals surface area contributed by atoms with Gasteiger partial charge in [0.1, 0.15) is 5.82 Å². The summed E-state index contributed by atoms with van der Waals surface area (Å²) in [5, 5.41) is 10.7. The minimum atomic E-state index is -0.243. The van der Waals surface area contributed by atoms with Crippen LogP contribution in [0.15, 0.2) is 36.4 Å². The summed E-state index contributed by atoms with van der Waals surface area (Å²) in [5.74, 6) is -0.480. The Kier molecular flexibility index (Phi) is 4.00. The Morgan fingerprint density at radius 2 is 2.09 bits per heavy atom. The summed E-state index contributed by atoms with van der Waals surface area (Å²) in [7, 11) is 0. The lowest BCUT2D eigenvalue weighted by atomic mass is 10.2. The third-order valence-corrected chi connectivity index (χ3v) is 3.75. The Balaban J connectivity index is 1.62. The Labute approximate surface area is 128 Å². The summed E-state index contributed by atoms with van der Waals surface area (Å²) >= 11 is 0. The van der Waals surface area contributed by atoms with Gasteiger partial charge in [0.25, 0.3) is 5.91 Å². The van der Waals surface area contributed by atoms with Crippen LogP contribution in [0.2, 0.25) is 0 Å². The first-order valence-corrected chi connectivity index (χ1v) is 7.24. The van der Waals surface area contributed by atoms with Gasteiger partial charge in [0.05, 0.1) is 11.4 Å². The van der Waals surface area contributed by atoms with Crippen LogP contribution in [0.1, 0.15) is 22.6 Å². The molecule has 1 aromatic carbocycles. The highest BCUT2D eigenvalue weighted by atomic mass is 19.1. The minimum absolute atomic E-state index is 0.0183. The highest BCUT2D eigenvalue weighted by molar-refractivity contribution is 5.92. The van der Waals surface area contributed by atoms with Crippen LogP contribution >= 0.6 is 0 Å². The van der Waals surface area contributed by atoms with Crippen molar-refractivity contribution >= 4 is 11.6 Å². The summed E-state index contributed by atoms with van der Waals surface area (Å²) in [6, 6.07) is 10.1. The number of halogens is 1. The zero-order valence-corrected chi connectivity index (χ0v) is 12.3. The number of nitrogens with zero attached hydrogens (tertiary/aromatic N) is 3. The molecule has 0 aliphatic carbocycles. The van der Waals surface area contributed by atoms with E-state index >= 15 is 0 Å². The number of anilines is 1. The molecule has 0 saturated carbocycles. The van der Waals surface area contributed by atoms with Gasteiger partial charge in [-0.05, 0) is 37.6 Å². The molecular weight excluding hydrogens is 283 g/mol. The topological polar surface area (TPSA) is 58.1 Å². The van der Waals surface area contributed by atoms with Gasteiger partial charge in [0.15, 0.2) is 5.69 Å². The van der Waals surface area contributed by atoms with Crippen molar-refractivity contribution in [2.45, 2.75) is 19.4 Å². The number of rotatable bonds is 3. The molecule has 1 aromatic heterocycles. The van der Waals surface area contributed by atoms with E-state index in [9.17, 15) is 9.18 Å². The van der Waals surface area contributed by atoms with Crippen molar-refractivity contribution in [1.29, 1.82) is 0 Å². The molecule has 1 fully saturated rings. The highest BCUT2D eigenvalue weighted by Crippen LogP contribution is 2.23. The molecule has 1 saturated heterocycles. The lowest BCUT2D eigenvalue weighted by molar-refractivity contribution is 0.0934. The van der Waals surface area contributed by atoms with Crippen LogP contribution in [0.25, 0.3) is 0 Å². The number of benzene rings is 1. The van der Waals surface area contributed by atoms with Crippen LogP contribution in [0, 0.1) is 12.7 Å². The number of carbonyl (C=O) groups is 1. The second-order valence-electron chi connectivity index (χ2n) is 5.42. The number of hydrogen-bond donors (Lipinski definition) is 1. The molecule has 1 aliphatic rings. The van der Waals surface area contributed by atoms with E-state index in [-0.39, 0.29) is 17.8 Å². The smallest absolute Gasteiger partial charge is 0.272 e. The molecule has 0 spiro atoms. The predicted octanol–water partition coefficient (Wildman–Crippen LogP) is 1.93. The fourth-order valence-corrected chi connectivity index (χ4v) is 2.58. The van der Waals surface area contributed by atoms with Crippen molar-refractivity contribution in [3.05, 3.63) is 53.6 Å². The van der Waals surface area contributed by atoms with Crippen molar-refractivity contribution in [3.63, 3.8) is 0 Å². The zero-order valence-electron chi connectivity index (χ0n) is 12.3. The summed E-state index contributed by atoms with van der Waals surface area (Å²) in [4.78, 5) is 14.1. The van der Waals surface area contributed by atoms with Gasteiger partial charge >= 0.3 is 0 Å². The van der Waals surface area contributed by atoms with E-state index in [4.69, 9.17) is 0 Å². The number of amides is 1. The van der Waals surface area contributed by atoms with E-state index in [1.807, 2.05) is 17.9 Å². The monoisotopic (exact) mass is 300 g/mol. The van der Waals surface area contributed by atoms with Crippen molar-refractivity contribution in [1.82, 2.24) is 15.5 Å². The van der Waals surface area contributed by atoms with Crippen LogP contribution in [-0.4, -0.2) is 35.2 Å². The van der Waals surface area contributed by atoms with Gasteiger partial charge in [-0.2, -0.15) is 5.10 Å². The molecule has 22 heavy (non-hydrogen) atoms. The van der Waals surface area contributed by atoms with Gasteiger partial charge in [-0.3, -0.25) is 4.79 Å². The van der Waals surface area contributed by atoms with Crippen LogP contribution < -0.4 is 10.2 Å². The lowest BCUT2D eigenvalue weighted by Crippen LogP contribution is -2.37. The molecule has 1 unspecified atom stereocenters. The molecule has 1 N–H and O–H groups in total. The third kappa shape index (κ3) is 3.05.